The van der Waals surface area contributed by atoms with E-state index in [4.69, 9.17) is 0 Å². The van der Waals surface area contributed by atoms with Gasteiger partial charge in [-0.25, -0.2) is 0 Å². The van der Waals surface area contributed by atoms with Crippen molar-refractivity contribution < 1.29 is 9.59 Å². The molecule has 0 unspecified atom stereocenters. The van der Waals surface area contributed by atoms with Crippen molar-refractivity contribution >= 4 is 28.8 Å². The Morgan fingerprint density at radius 2 is 2.08 bits per heavy atom. The lowest BCUT2D eigenvalue weighted by Crippen LogP contribution is -2.35. The summed E-state index contributed by atoms with van der Waals surface area (Å²) in [5.74, 6) is -0.0965. The first-order valence-electron chi connectivity index (χ1n) is 8.08. The number of hydrogen-bond donors (Lipinski definition) is 2. The number of hydrogen-bond acceptors (Lipinski definition) is 4. The molecular weight excluding hydrogens is 322 g/mol. The summed E-state index contributed by atoms with van der Waals surface area (Å²) < 4.78 is 0. The van der Waals surface area contributed by atoms with Crippen LogP contribution in [-0.4, -0.2) is 36.9 Å². The third-order valence-corrected chi connectivity index (χ3v) is 5.25. The number of para-hydroxylation sites is 1. The van der Waals surface area contributed by atoms with Gasteiger partial charge in [-0.15, -0.1) is 11.3 Å². The molecule has 2 heterocycles. The van der Waals surface area contributed by atoms with Crippen molar-refractivity contribution in [3.8, 4) is 0 Å². The highest BCUT2D eigenvalue weighted by molar-refractivity contribution is 7.10. The summed E-state index contributed by atoms with van der Waals surface area (Å²) in [6.45, 7) is 0.982. The molecule has 5 nitrogen and oxygen atoms in total. The maximum atomic E-state index is 12.6. The van der Waals surface area contributed by atoms with Crippen LogP contribution in [0.25, 0.3) is 0 Å². The van der Waals surface area contributed by atoms with Crippen LogP contribution < -0.4 is 10.6 Å². The molecule has 1 atom stereocenters. The molecule has 0 aliphatic carbocycles. The number of carbonyl (C=O) groups is 2. The third kappa shape index (κ3) is 3.43. The molecule has 0 radical (unpaired) electrons. The highest BCUT2D eigenvalue weighted by Gasteiger charge is 2.30. The number of rotatable bonds is 5. The van der Waals surface area contributed by atoms with Gasteiger partial charge in [0.2, 0.25) is 5.91 Å². The van der Waals surface area contributed by atoms with Crippen LogP contribution in [0.5, 0.6) is 0 Å². The molecule has 1 aliphatic rings. The Balaban J connectivity index is 1.67. The maximum Gasteiger partial charge on any atom is 0.253 e. The first kappa shape index (κ1) is 16.5. The van der Waals surface area contributed by atoms with Gasteiger partial charge < -0.3 is 15.5 Å². The minimum atomic E-state index is -0.164. The number of nitrogens with zero attached hydrogens (tertiary/aromatic N) is 1. The normalized spacial score (nSPS) is 16.9. The Morgan fingerprint density at radius 3 is 2.83 bits per heavy atom. The molecule has 1 fully saturated rings. The lowest BCUT2D eigenvalue weighted by Gasteiger charge is -2.24. The molecule has 0 bridgehead atoms. The zero-order chi connectivity index (χ0) is 16.9. The van der Waals surface area contributed by atoms with E-state index in [9.17, 15) is 9.59 Å². The van der Waals surface area contributed by atoms with Gasteiger partial charge in [0.25, 0.3) is 5.91 Å². The number of benzene rings is 1. The summed E-state index contributed by atoms with van der Waals surface area (Å²) in [6, 6.07) is 11.5. The van der Waals surface area contributed by atoms with Gasteiger partial charge in [-0.2, -0.15) is 0 Å². The van der Waals surface area contributed by atoms with Crippen molar-refractivity contribution in [3.63, 3.8) is 0 Å². The molecule has 1 saturated heterocycles. The van der Waals surface area contributed by atoms with Gasteiger partial charge in [0.1, 0.15) is 0 Å². The molecule has 2 N–H and O–H groups in total. The molecule has 1 aliphatic heterocycles. The fourth-order valence-electron chi connectivity index (χ4n) is 3.08. The monoisotopic (exact) mass is 343 g/mol. The molecule has 24 heavy (non-hydrogen) atoms. The van der Waals surface area contributed by atoms with E-state index in [1.54, 1.807) is 24.5 Å². The SMILES string of the molecule is CNC(=O)c1ccccc1NCC(=O)N1CCC[C@H]1c1cccs1. The fourth-order valence-corrected chi connectivity index (χ4v) is 3.96. The molecule has 2 amide bonds. The second-order valence-electron chi connectivity index (χ2n) is 5.74. The van der Waals surface area contributed by atoms with Gasteiger partial charge in [-0.3, -0.25) is 9.59 Å². The van der Waals surface area contributed by atoms with Gasteiger partial charge in [-0.1, -0.05) is 18.2 Å². The second-order valence-corrected chi connectivity index (χ2v) is 6.72. The van der Waals surface area contributed by atoms with Crippen LogP contribution >= 0.6 is 11.3 Å². The minimum Gasteiger partial charge on any atom is -0.376 e. The maximum absolute atomic E-state index is 12.6. The van der Waals surface area contributed by atoms with Gasteiger partial charge in [0.05, 0.1) is 18.2 Å². The summed E-state index contributed by atoms with van der Waals surface area (Å²) in [5, 5.41) is 7.79. The van der Waals surface area contributed by atoms with Crippen LogP contribution in [-0.2, 0) is 4.79 Å². The van der Waals surface area contributed by atoms with E-state index in [0.717, 1.165) is 19.4 Å². The molecule has 1 aromatic carbocycles. The summed E-state index contributed by atoms with van der Waals surface area (Å²) in [7, 11) is 1.60. The first-order valence-corrected chi connectivity index (χ1v) is 8.96. The second kappa shape index (κ2) is 7.49. The van der Waals surface area contributed by atoms with E-state index in [0.29, 0.717) is 11.3 Å². The van der Waals surface area contributed by atoms with Crippen LogP contribution in [0, 0.1) is 0 Å². The van der Waals surface area contributed by atoms with Crippen molar-refractivity contribution in [1.29, 1.82) is 0 Å². The van der Waals surface area contributed by atoms with Gasteiger partial charge >= 0.3 is 0 Å². The van der Waals surface area contributed by atoms with Crippen molar-refractivity contribution in [1.82, 2.24) is 10.2 Å². The number of anilines is 1. The Labute approximate surface area is 145 Å². The highest BCUT2D eigenvalue weighted by Crippen LogP contribution is 2.34. The van der Waals surface area contributed by atoms with Crippen molar-refractivity contribution in [2.24, 2.45) is 0 Å². The zero-order valence-electron chi connectivity index (χ0n) is 13.6. The van der Waals surface area contributed by atoms with E-state index in [1.165, 1.54) is 4.88 Å². The van der Waals surface area contributed by atoms with E-state index in [2.05, 4.69) is 16.7 Å². The van der Waals surface area contributed by atoms with Crippen LogP contribution in [0.1, 0.15) is 34.1 Å². The van der Waals surface area contributed by atoms with Crippen molar-refractivity contribution in [2.45, 2.75) is 18.9 Å². The number of carbonyl (C=O) groups excluding carboxylic acids is 2. The number of amides is 2. The minimum absolute atomic E-state index is 0.0672. The van der Waals surface area contributed by atoms with E-state index >= 15 is 0 Å². The Kier molecular flexibility index (Phi) is 5.15. The molecule has 0 spiro atoms. The summed E-state index contributed by atoms with van der Waals surface area (Å²) in [5.41, 5.74) is 1.22. The van der Waals surface area contributed by atoms with Crippen molar-refractivity contribution in [3.05, 3.63) is 52.2 Å². The molecule has 1 aromatic heterocycles. The number of likely N-dealkylation sites (tertiary alicyclic amines) is 1. The van der Waals surface area contributed by atoms with Crippen LogP contribution in [0.15, 0.2) is 41.8 Å². The fraction of sp³-hybridized carbons (Fsp3) is 0.333. The summed E-state index contributed by atoms with van der Waals surface area (Å²) >= 11 is 1.70. The molecule has 126 valence electrons. The lowest BCUT2D eigenvalue weighted by atomic mass is 10.1. The smallest absolute Gasteiger partial charge is 0.253 e. The van der Waals surface area contributed by atoms with Gasteiger partial charge in [0, 0.05) is 24.2 Å². The van der Waals surface area contributed by atoms with Gasteiger partial charge in [0.15, 0.2) is 0 Å². The third-order valence-electron chi connectivity index (χ3n) is 4.27. The average molecular weight is 343 g/mol. The predicted molar refractivity (Wildman–Crippen MR) is 96.3 cm³/mol. The lowest BCUT2D eigenvalue weighted by molar-refractivity contribution is -0.130. The van der Waals surface area contributed by atoms with Crippen molar-refractivity contribution in [2.75, 3.05) is 25.5 Å². The zero-order valence-corrected chi connectivity index (χ0v) is 14.4. The standard InChI is InChI=1S/C18H21N3O2S/c1-19-18(23)13-6-2-3-7-14(13)20-12-17(22)21-10-4-8-15(21)16-9-5-11-24-16/h2-3,5-7,9,11,15,20H,4,8,10,12H2,1H3,(H,19,23)/t15-/m0/s1. The Hall–Kier alpha value is -2.34. The molecule has 0 saturated carbocycles. The number of nitrogens with one attached hydrogen (secondary N) is 2. The van der Waals surface area contributed by atoms with Crippen LogP contribution in [0.2, 0.25) is 0 Å². The van der Waals surface area contributed by atoms with E-state index < -0.39 is 0 Å². The summed E-state index contributed by atoms with van der Waals surface area (Å²) in [6.07, 6.45) is 2.05. The molecule has 2 aromatic rings. The largest absolute Gasteiger partial charge is 0.376 e. The van der Waals surface area contributed by atoms with E-state index in [-0.39, 0.29) is 24.4 Å². The summed E-state index contributed by atoms with van der Waals surface area (Å²) in [4.78, 5) is 27.7. The molecular formula is C18H21N3O2S. The van der Waals surface area contributed by atoms with Crippen LogP contribution in [0.4, 0.5) is 5.69 Å². The van der Waals surface area contributed by atoms with E-state index in [1.807, 2.05) is 34.5 Å². The highest BCUT2D eigenvalue weighted by atomic mass is 32.1. The average Bonchev–Trinajstić information content (AvgIpc) is 3.29. The molecule has 6 heteroatoms. The Bertz CT molecular complexity index is 715. The quantitative estimate of drug-likeness (QED) is 0.877. The Morgan fingerprint density at radius 1 is 1.25 bits per heavy atom. The topological polar surface area (TPSA) is 61.4 Å². The predicted octanol–water partition coefficient (Wildman–Crippen LogP) is 2.88. The first-order chi connectivity index (χ1) is 11.7. The van der Waals surface area contributed by atoms with Gasteiger partial charge in [-0.05, 0) is 36.4 Å². The number of thiophene rings is 1. The molecule has 3 rings (SSSR count). The van der Waals surface area contributed by atoms with Crippen LogP contribution in [0.3, 0.4) is 0 Å².